The van der Waals surface area contributed by atoms with Crippen molar-refractivity contribution in [2.45, 2.75) is 33.1 Å². The van der Waals surface area contributed by atoms with Crippen LogP contribution in [0.15, 0.2) is 29.4 Å². The largest absolute Gasteiger partial charge is 0.317 e. The van der Waals surface area contributed by atoms with Crippen LogP contribution in [0.4, 0.5) is 10.5 Å². The molecule has 2 amide bonds. The third kappa shape index (κ3) is 4.59. The van der Waals surface area contributed by atoms with E-state index in [-0.39, 0.29) is 17.1 Å². The lowest BCUT2D eigenvalue weighted by atomic mass is 9.94. The van der Waals surface area contributed by atoms with E-state index in [1.807, 2.05) is 31.2 Å². The van der Waals surface area contributed by atoms with E-state index >= 15 is 0 Å². The third-order valence-corrected chi connectivity index (χ3v) is 4.27. The average Bonchev–Trinajstić information content (AvgIpc) is 2.49. The number of carbonyl (C=O) groups is 2. The van der Waals surface area contributed by atoms with Crippen LogP contribution in [0, 0.1) is 5.92 Å². The summed E-state index contributed by atoms with van der Waals surface area (Å²) in [5.41, 5.74) is 5.11. The lowest BCUT2D eigenvalue weighted by Gasteiger charge is -2.19. The van der Waals surface area contributed by atoms with E-state index < -0.39 is 0 Å². The zero-order chi connectivity index (χ0) is 15.9. The van der Waals surface area contributed by atoms with Gasteiger partial charge in [0.05, 0.1) is 5.71 Å². The Kier molecular flexibility index (Phi) is 6.00. The van der Waals surface area contributed by atoms with Gasteiger partial charge in [-0.05, 0) is 24.1 Å². The number of thioether (sulfide) groups is 1. The minimum absolute atomic E-state index is 0.0307. The normalized spacial score (nSPS) is 17.6. The summed E-state index contributed by atoms with van der Waals surface area (Å²) >= 11 is 1.31. The highest BCUT2D eigenvalue weighted by Gasteiger charge is 2.21. The molecule has 6 heteroatoms. The van der Waals surface area contributed by atoms with Crippen molar-refractivity contribution in [3.8, 4) is 0 Å². The van der Waals surface area contributed by atoms with Gasteiger partial charge in [-0.3, -0.25) is 9.59 Å². The molecule has 1 aliphatic rings. The van der Waals surface area contributed by atoms with Crippen molar-refractivity contribution >= 4 is 34.3 Å². The Labute approximate surface area is 134 Å². The summed E-state index contributed by atoms with van der Waals surface area (Å²) in [4.78, 5) is 23.0. The zero-order valence-electron chi connectivity index (χ0n) is 12.9. The van der Waals surface area contributed by atoms with Crippen LogP contribution in [0.5, 0.6) is 0 Å². The molecular formula is C16H21N3O2S. The second kappa shape index (κ2) is 7.98. The smallest absolute Gasteiger partial charge is 0.283 e. The molecule has 0 bridgehead atoms. The highest BCUT2D eigenvalue weighted by Crippen LogP contribution is 2.19. The highest BCUT2D eigenvalue weighted by atomic mass is 32.2. The minimum Gasteiger partial charge on any atom is -0.317 e. The fraction of sp³-hybridized carbons (Fsp3) is 0.438. The van der Waals surface area contributed by atoms with Crippen molar-refractivity contribution in [1.29, 1.82) is 0 Å². The van der Waals surface area contributed by atoms with Crippen molar-refractivity contribution in [3.63, 3.8) is 0 Å². The molecule has 0 saturated carbocycles. The number of carbonyl (C=O) groups excluding carboxylic acids is 2. The summed E-state index contributed by atoms with van der Waals surface area (Å²) in [6.07, 6.45) is 2.58. The molecule has 0 radical (unpaired) electrons. The minimum atomic E-state index is -0.0516. The van der Waals surface area contributed by atoms with Crippen LogP contribution in [-0.2, 0) is 4.79 Å². The molecular weight excluding hydrogens is 298 g/mol. The van der Waals surface area contributed by atoms with Crippen LogP contribution >= 0.6 is 11.8 Å². The van der Waals surface area contributed by atoms with Gasteiger partial charge in [-0.15, -0.1) is 0 Å². The molecule has 2 N–H and O–H groups in total. The van der Waals surface area contributed by atoms with Crippen molar-refractivity contribution in [3.05, 3.63) is 29.8 Å². The fourth-order valence-electron chi connectivity index (χ4n) is 2.19. The predicted octanol–water partition coefficient (Wildman–Crippen LogP) is 3.61. The number of rotatable bonds is 5. The van der Waals surface area contributed by atoms with Crippen molar-refractivity contribution in [1.82, 2.24) is 5.43 Å². The van der Waals surface area contributed by atoms with Crippen molar-refractivity contribution in [2.75, 3.05) is 11.1 Å². The second-order valence-electron chi connectivity index (χ2n) is 5.33. The first-order valence-corrected chi connectivity index (χ1v) is 8.49. The number of hydrogen-bond acceptors (Lipinski definition) is 4. The molecule has 0 saturated heterocycles. The van der Waals surface area contributed by atoms with Crippen molar-refractivity contribution < 1.29 is 9.59 Å². The lowest BCUT2D eigenvalue weighted by molar-refractivity contribution is -0.121. The van der Waals surface area contributed by atoms with Gasteiger partial charge in [-0.2, -0.15) is 5.10 Å². The molecule has 0 aromatic heterocycles. The van der Waals surface area contributed by atoms with E-state index in [2.05, 4.69) is 22.8 Å². The molecule has 0 fully saturated rings. The first-order chi connectivity index (χ1) is 10.6. The number of unbranched alkanes of at least 4 members (excludes halogenated alkanes) is 1. The first kappa shape index (κ1) is 16.5. The molecule has 22 heavy (non-hydrogen) atoms. The van der Waals surface area contributed by atoms with Gasteiger partial charge in [0.2, 0.25) is 5.91 Å². The molecule has 5 nitrogen and oxygen atoms in total. The number of benzene rings is 1. The van der Waals surface area contributed by atoms with E-state index in [1.165, 1.54) is 11.8 Å². The van der Waals surface area contributed by atoms with Gasteiger partial charge in [-0.25, -0.2) is 5.43 Å². The molecule has 1 aliphatic heterocycles. The molecule has 0 aliphatic carbocycles. The van der Waals surface area contributed by atoms with E-state index in [4.69, 9.17) is 0 Å². The summed E-state index contributed by atoms with van der Waals surface area (Å²) in [5, 5.41) is 6.96. The summed E-state index contributed by atoms with van der Waals surface area (Å²) < 4.78 is 0. The monoisotopic (exact) mass is 319 g/mol. The van der Waals surface area contributed by atoms with E-state index in [0.29, 0.717) is 6.42 Å². The number of hydrogen-bond donors (Lipinski definition) is 2. The summed E-state index contributed by atoms with van der Waals surface area (Å²) in [7, 11) is 0. The molecule has 1 unspecified atom stereocenters. The Bertz CT molecular complexity index is 569. The Morgan fingerprint density at radius 3 is 2.77 bits per heavy atom. The van der Waals surface area contributed by atoms with Gasteiger partial charge < -0.3 is 5.32 Å². The van der Waals surface area contributed by atoms with Gasteiger partial charge in [0.25, 0.3) is 5.24 Å². The highest BCUT2D eigenvalue weighted by molar-refractivity contribution is 8.13. The molecule has 1 heterocycles. The van der Waals surface area contributed by atoms with Crippen LogP contribution in [0.25, 0.3) is 0 Å². The first-order valence-electron chi connectivity index (χ1n) is 7.50. The number of anilines is 1. The average molecular weight is 319 g/mol. The second-order valence-corrected chi connectivity index (χ2v) is 6.40. The Morgan fingerprint density at radius 1 is 1.41 bits per heavy atom. The molecule has 1 atom stereocenters. The molecule has 118 valence electrons. The maximum absolute atomic E-state index is 11.7. The van der Waals surface area contributed by atoms with Crippen LogP contribution in [0.3, 0.4) is 0 Å². The Morgan fingerprint density at radius 2 is 2.14 bits per heavy atom. The third-order valence-electron chi connectivity index (χ3n) is 3.42. The van der Waals surface area contributed by atoms with Crippen LogP contribution in [-0.4, -0.2) is 22.6 Å². The molecule has 2 rings (SSSR count). The van der Waals surface area contributed by atoms with Crippen LogP contribution < -0.4 is 10.7 Å². The maximum Gasteiger partial charge on any atom is 0.283 e. The quantitative estimate of drug-likeness (QED) is 0.814. The van der Waals surface area contributed by atoms with E-state index in [1.54, 1.807) is 0 Å². The number of nitrogens with one attached hydrogen (secondary N) is 2. The van der Waals surface area contributed by atoms with Crippen LogP contribution in [0.2, 0.25) is 0 Å². The van der Waals surface area contributed by atoms with Gasteiger partial charge >= 0.3 is 0 Å². The Hall–Kier alpha value is -1.82. The van der Waals surface area contributed by atoms with Gasteiger partial charge in [0.15, 0.2) is 0 Å². The zero-order valence-corrected chi connectivity index (χ0v) is 13.7. The van der Waals surface area contributed by atoms with Crippen LogP contribution in [0.1, 0.15) is 38.7 Å². The lowest BCUT2D eigenvalue weighted by Crippen LogP contribution is -2.31. The van der Waals surface area contributed by atoms with Gasteiger partial charge in [0, 0.05) is 23.8 Å². The number of nitrogens with zero attached hydrogens (tertiary/aromatic N) is 1. The fourth-order valence-corrected chi connectivity index (χ4v) is 3.00. The summed E-state index contributed by atoms with van der Waals surface area (Å²) in [6, 6.07) is 7.55. The number of amides is 2. The van der Waals surface area contributed by atoms with Gasteiger partial charge in [-0.1, -0.05) is 44.2 Å². The summed E-state index contributed by atoms with van der Waals surface area (Å²) in [5.74, 6) is 0.886. The standard InChI is InChI=1S/C16H21N3O2S/c1-3-4-9-22-16(21)17-13-7-5-12(6-8-13)15-11(2)10-14(20)18-19-15/h5-8,11H,3-4,9-10H2,1-2H3,(H,17,21)(H,18,20). The molecule has 1 aromatic rings. The molecule has 1 aromatic carbocycles. The summed E-state index contributed by atoms with van der Waals surface area (Å²) in [6.45, 7) is 4.09. The van der Waals surface area contributed by atoms with E-state index in [9.17, 15) is 9.59 Å². The topological polar surface area (TPSA) is 70.6 Å². The number of hydrazone groups is 1. The maximum atomic E-state index is 11.7. The Balaban J connectivity index is 1.96. The van der Waals surface area contributed by atoms with Gasteiger partial charge in [0.1, 0.15) is 0 Å². The van der Waals surface area contributed by atoms with E-state index in [0.717, 1.165) is 35.6 Å². The predicted molar refractivity (Wildman–Crippen MR) is 91.3 cm³/mol. The van der Waals surface area contributed by atoms with Crippen molar-refractivity contribution in [2.24, 2.45) is 11.0 Å². The molecule has 0 spiro atoms. The SMILES string of the molecule is CCCCSC(=O)Nc1ccc(C2=NNC(=O)CC2C)cc1.